The minimum absolute atomic E-state index is 0.109. The minimum atomic E-state index is -3.86. The average molecular weight is 493 g/mol. The van der Waals surface area contributed by atoms with E-state index < -0.39 is 21.2 Å². The summed E-state index contributed by atoms with van der Waals surface area (Å²) in [6.07, 6.45) is 7.67. The van der Waals surface area contributed by atoms with Crippen molar-refractivity contribution in [1.82, 2.24) is 9.29 Å². The molecule has 1 N–H and O–H groups in total. The quantitative estimate of drug-likeness (QED) is 0.327. The molecule has 2 aromatic carbocycles. The number of nitrogens with zero attached hydrogens (tertiary/aromatic N) is 2. The number of aromatic nitrogens is 1. The van der Waals surface area contributed by atoms with Crippen molar-refractivity contribution >= 4 is 16.0 Å². The molecule has 1 unspecified atom stereocenters. The fourth-order valence-electron chi connectivity index (χ4n) is 3.98. The number of pyridine rings is 1. The maximum absolute atomic E-state index is 13.9. The summed E-state index contributed by atoms with van der Waals surface area (Å²) in [6, 6.07) is 18.5. The zero-order chi connectivity index (χ0) is 25.3. The predicted molar refractivity (Wildman–Crippen MR) is 138 cm³/mol. The Hall–Kier alpha value is -3.29. The van der Waals surface area contributed by atoms with Gasteiger partial charge in [-0.1, -0.05) is 74.0 Å². The molecule has 6 nitrogen and oxygen atoms in total. The van der Waals surface area contributed by atoms with E-state index in [1.807, 2.05) is 18.2 Å². The largest absolute Gasteiger partial charge is 0.481 e. The number of unbranched alkanes of at least 4 members (excludes halogenated alkanes) is 1. The van der Waals surface area contributed by atoms with Crippen molar-refractivity contribution in [3.05, 3.63) is 114 Å². The highest BCUT2D eigenvalue weighted by atomic mass is 32.2. The van der Waals surface area contributed by atoms with Gasteiger partial charge in [0, 0.05) is 25.5 Å². The predicted octanol–water partition coefficient (Wildman–Crippen LogP) is 5.31. The van der Waals surface area contributed by atoms with Gasteiger partial charge >= 0.3 is 5.97 Å². The molecule has 0 saturated carbocycles. The molecule has 0 radical (unpaired) electrons. The van der Waals surface area contributed by atoms with Crippen molar-refractivity contribution < 1.29 is 18.3 Å². The maximum atomic E-state index is 13.9. The number of hydrogen-bond donors (Lipinski definition) is 1. The van der Waals surface area contributed by atoms with Crippen LogP contribution < -0.4 is 0 Å². The number of aryl methyl sites for hydroxylation is 1. The number of hydrogen-bond acceptors (Lipinski definition) is 4. The number of rotatable bonds is 13. The zero-order valence-electron chi connectivity index (χ0n) is 20.0. The first-order valence-electron chi connectivity index (χ1n) is 11.7. The van der Waals surface area contributed by atoms with E-state index in [1.165, 1.54) is 22.1 Å². The van der Waals surface area contributed by atoms with E-state index >= 15 is 0 Å². The van der Waals surface area contributed by atoms with Gasteiger partial charge in [-0.25, -0.2) is 8.42 Å². The minimum Gasteiger partial charge on any atom is -0.481 e. The van der Waals surface area contributed by atoms with Crippen LogP contribution in [0.2, 0.25) is 0 Å². The third-order valence-corrected chi connectivity index (χ3v) is 7.90. The SMILES string of the molecule is C=CC(c1cccnc1)S(=O)(=O)N(Cc1ccc(CCCC)cc1)Cc1cccc(CC(=O)O)c1. The Bertz CT molecular complexity index is 1230. The van der Waals surface area contributed by atoms with Crippen molar-refractivity contribution in [1.29, 1.82) is 0 Å². The molecule has 1 atom stereocenters. The molecule has 35 heavy (non-hydrogen) atoms. The van der Waals surface area contributed by atoms with Gasteiger partial charge in [0.1, 0.15) is 5.25 Å². The van der Waals surface area contributed by atoms with Crippen LogP contribution in [0.5, 0.6) is 0 Å². The first kappa shape index (κ1) is 26.3. The van der Waals surface area contributed by atoms with Crippen molar-refractivity contribution in [2.45, 2.75) is 50.9 Å². The van der Waals surface area contributed by atoms with Crippen molar-refractivity contribution in [3.63, 3.8) is 0 Å². The molecule has 0 spiro atoms. The normalized spacial score (nSPS) is 12.4. The van der Waals surface area contributed by atoms with Gasteiger partial charge < -0.3 is 5.11 Å². The van der Waals surface area contributed by atoms with Gasteiger partial charge in [-0.15, -0.1) is 6.58 Å². The zero-order valence-corrected chi connectivity index (χ0v) is 20.8. The molecule has 0 fully saturated rings. The lowest BCUT2D eigenvalue weighted by molar-refractivity contribution is -0.136. The Balaban J connectivity index is 1.94. The fourth-order valence-corrected chi connectivity index (χ4v) is 5.69. The summed E-state index contributed by atoms with van der Waals surface area (Å²) in [4.78, 5) is 15.2. The summed E-state index contributed by atoms with van der Waals surface area (Å²) in [5, 5.41) is 8.19. The number of sulfonamides is 1. The fraction of sp³-hybridized carbons (Fsp3) is 0.286. The molecule has 184 valence electrons. The standard InChI is InChI=1S/C28H32N2O4S/c1-3-5-8-22-12-14-23(15-13-22)20-30(21-25-10-6-9-24(17-25)18-28(31)32)35(33,34)27(4-2)26-11-7-16-29-19-26/h4,6-7,9-17,19,27H,2-3,5,8,18,20-21H2,1H3,(H,31,32). The molecule has 0 aliphatic rings. The Morgan fingerprint density at radius 1 is 1.03 bits per heavy atom. The van der Waals surface area contributed by atoms with Crippen LogP contribution in [-0.4, -0.2) is 28.8 Å². The number of carboxylic acid groups (broad SMARTS) is 1. The summed E-state index contributed by atoms with van der Waals surface area (Å²) < 4.78 is 29.2. The highest BCUT2D eigenvalue weighted by molar-refractivity contribution is 7.89. The third-order valence-electron chi connectivity index (χ3n) is 5.81. The maximum Gasteiger partial charge on any atom is 0.307 e. The molecule has 0 amide bonds. The highest BCUT2D eigenvalue weighted by Gasteiger charge is 2.32. The van der Waals surface area contributed by atoms with Crippen molar-refractivity contribution in [3.8, 4) is 0 Å². The van der Waals surface area contributed by atoms with Crippen LogP contribution in [0.15, 0.2) is 85.7 Å². The van der Waals surface area contributed by atoms with Crippen LogP contribution in [-0.2, 0) is 40.7 Å². The average Bonchev–Trinajstić information content (AvgIpc) is 2.84. The van der Waals surface area contributed by atoms with E-state index in [-0.39, 0.29) is 19.5 Å². The van der Waals surface area contributed by atoms with Crippen LogP contribution in [0.4, 0.5) is 0 Å². The number of benzene rings is 2. The third kappa shape index (κ3) is 7.34. The smallest absolute Gasteiger partial charge is 0.307 e. The Morgan fingerprint density at radius 2 is 1.71 bits per heavy atom. The van der Waals surface area contributed by atoms with E-state index in [2.05, 4.69) is 30.6 Å². The molecule has 7 heteroatoms. The second kappa shape index (κ2) is 12.4. The number of aliphatic carboxylic acids is 1. The van der Waals surface area contributed by atoms with Crippen LogP contribution in [0, 0.1) is 0 Å². The van der Waals surface area contributed by atoms with Gasteiger partial charge in [-0.2, -0.15) is 4.31 Å². The monoisotopic (exact) mass is 492 g/mol. The van der Waals surface area contributed by atoms with Gasteiger partial charge in [0.25, 0.3) is 0 Å². The number of carbonyl (C=O) groups is 1. The molecular formula is C28H32N2O4S. The number of carboxylic acids is 1. The van der Waals surface area contributed by atoms with Gasteiger partial charge in [0.2, 0.25) is 10.0 Å². The molecular weight excluding hydrogens is 460 g/mol. The molecule has 0 aliphatic carbocycles. The molecule has 0 bridgehead atoms. The van der Waals surface area contributed by atoms with Crippen molar-refractivity contribution in [2.24, 2.45) is 0 Å². The van der Waals surface area contributed by atoms with E-state index in [1.54, 1.807) is 36.5 Å². The van der Waals surface area contributed by atoms with Crippen molar-refractivity contribution in [2.75, 3.05) is 0 Å². The van der Waals surface area contributed by atoms with Gasteiger partial charge in [0.05, 0.1) is 6.42 Å². The first-order chi connectivity index (χ1) is 16.8. The van der Waals surface area contributed by atoms with E-state index in [4.69, 9.17) is 5.11 Å². The first-order valence-corrected chi connectivity index (χ1v) is 13.2. The van der Waals surface area contributed by atoms with Crippen LogP contribution in [0.3, 0.4) is 0 Å². The molecule has 3 aromatic rings. The Kier molecular flexibility index (Phi) is 9.34. The Morgan fingerprint density at radius 3 is 2.34 bits per heavy atom. The van der Waals surface area contributed by atoms with Crippen LogP contribution >= 0.6 is 0 Å². The lowest BCUT2D eigenvalue weighted by Gasteiger charge is -2.27. The summed E-state index contributed by atoms with van der Waals surface area (Å²) in [7, 11) is -3.86. The molecule has 0 aliphatic heterocycles. The lowest BCUT2D eigenvalue weighted by atomic mass is 10.1. The second-order valence-corrected chi connectivity index (χ2v) is 10.6. The summed E-state index contributed by atoms with van der Waals surface area (Å²) >= 11 is 0. The van der Waals surface area contributed by atoms with Gasteiger partial charge in [0.15, 0.2) is 0 Å². The van der Waals surface area contributed by atoms with E-state index in [0.717, 1.165) is 30.4 Å². The molecule has 1 aromatic heterocycles. The second-order valence-electron chi connectivity index (χ2n) is 8.57. The van der Waals surface area contributed by atoms with E-state index in [0.29, 0.717) is 11.1 Å². The summed E-state index contributed by atoms with van der Waals surface area (Å²) in [6.45, 7) is 6.24. The topological polar surface area (TPSA) is 87.6 Å². The Labute approximate surface area is 208 Å². The summed E-state index contributed by atoms with van der Waals surface area (Å²) in [5.41, 5.74) is 4.00. The van der Waals surface area contributed by atoms with E-state index in [9.17, 15) is 13.2 Å². The van der Waals surface area contributed by atoms with Crippen LogP contribution in [0.25, 0.3) is 0 Å². The highest BCUT2D eigenvalue weighted by Crippen LogP contribution is 2.29. The van der Waals surface area contributed by atoms with Gasteiger partial charge in [-0.05, 0) is 46.7 Å². The molecule has 3 rings (SSSR count). The van der Waals surface area contributed by atoms with Crippen LogP contribution in [0.1, 0.15) is 52.8 Å². The summed E-state index contributed by atoms with van der Waals surface area (Å²) in [5.74, 6) is -0.932. The lowest BCUT2D eigenvalue weighted by Crippen LogP contribution is -2.33. The molecule has 0 saturated heterocycles. The van der Waals surface area contributed by atoms with Gasteiger partial charge in [-0.3, -0.25) is 9.78 Å². The molecule has 1 heterocycles.